The van der Waals surface area contributed by atoms with Gasteiger partial charge in [0, 0.05) is 49.7 Å². The fourth-order valence-electron chi connectivity index (χ4n) is 5.71. The standard InChI is InChI=1S/C29H34FN3O3/c30-25-6-2-1-5-23(25)10-7-22-8-11-24(12-9-22)29-26-19-32(13-3-4-14-33(26)27(29)21-34)28(35)20-31-15-17-36-18-16-31/h1-2,5-6,8-9,11-12,26-27,29,34H,3-4,13-21H2/t26-,27+,29-/m0/s1. The molecule has 0 aliphatic carbocycles. The van der Waals surface area contributed by atoms with E-state index in [4.69, 9.17) is 4.74 Å². The van der Waals surface area contributed by atoms with Gasteiger partial charge in [0.15, 0.2) is 0 Å². The molecule has 36 heavy (non-hydrogen) atoms. The highest BCUT2D eigenvalue weighted by Gasteiger charge is 2.49. The van der Waals surface area contributed by atoms with Gasteiger partial charge in [0.1, 0.15) is 5.82 Å². The van der Waals surface area contributed by atoms with Gasteiger partial charge in [-0.1, -0.05) is 36.1 Å². The first-order valence-electron chi connectivity index (χ1n) is 12.9. The summed E-state index contributed by atoms with van der Waals surface area (Å²) in [6.45, 7) is 5.93. The van der Waals surface area contributed by atoms with Gasteiger partial charge in [-0.3, -0.25) is 14.6 Å². The Morgan fingerprint density at radius 3 is 2.50 bits per heavy atom. The number of rotatable bonds is 4. The summed E-state index contributed by atoms with van der Waals surface area (Å²) in [7, 11) is 0. The lowest BCUT2D eigenvalue weighted by molar-refractivity contribution is -0.138. The molecule has 0 unspecified atom stereocenters. The van der Waals surface area contributed by atoms with Crippen molar-refractivity contribution in [3.05, 3.63) is 71.0 Å². The van der Waals surface area contributed by atoms with Crippen LogP contribution in [-0.2, 0) is 9.53 Å². The molecule has 1 amide bonds. The minimum atomic E-state index is -0.320. The number of fused-ring (bicyclic) bond motifs is 1. The Kier molecular flexibility index (Phi) is 7.98. The molecule has 6 nitrogen and oxygen atoms in total. The van der Waals surface area contributed by atoms with E-state index in [1.807, 2.05) is 17.0 Å². The fraction of sp³-hybridized carbons (Fsp3) is 0.483. The van der Waals surface area contributed by atoms with E-state index < -0.39 is 0 Å². The lowest BCUT2D eigenvalue weighted by atomic mass is 9.74. The number of halogens is 1. The number of carbonyl (C=O) groups excluding carboxylic acids is 1. The van der Waals surface area contributed by atoms with Gasteiger partial charge in [-0.05, 0) is 49.2 Å². The van der Waals surface area contributed by atoms with Crippen molar-refractivity contribution in [2.24, 2.45) is 0 Å². The Bertz CT molecular complexity index is 1110. The van der Waals surface area contributed by atoms with Crippen molar-refractivity contribution in [1.29, 1.82) is 0 Å². The van der Waals surface area contributed by atoms with Gasteiger partial charge in [-0.15, -0.1) is 0 Å². The first kappa shape index (κ1) is 24.9. The smallest absolute Gasteiger partial charge is 0.236 e. The molecule has 5 rings (SSSR count). The second kappa shape index (κ2) is 11.5. The molecular weight excluding hydrogens is 457 g/mol. The van der Waals surface area contributed by atoms with Crippen LogP contribution in [0, 0.1) is 17.7 Å². The summed E-state index contributed by atoms with van der Waals surface area (Å²) in [5.41, 5.74) is 2.35. The molecule has 3 saturated heterocycles. The summed E-state index contributed by atoms with van der Waals surface area (Å²) in [6, 6.07) is 14.8. The van der Waals surface area contributed by atoms with Gasteiger partial charge in [0.05, 0.1) is 31.9 Å². The third kappa shape index (κ3) is 5.47. The molecule has 2 aromatic rings. The van der Waals surface area contributed by atoms with Crippen molar-refractivity contribution in [3.63, 3.8) is 0 Å². The maximum absolute atomic E-state index is 13.9. The van der Waals surface area contributed by atoms with Gasteiger partial charge >= 0.3 is 0 Å². The summed E-state index contributed by atoms with van der Waals surface area (Å²) in [4.78, 5) is 19.8. The lowest BCUT2D eigenvalue weighted by Crippen LogP contribution is -2.68. The number of ether oxygens (including phenoxy) is 1. The quantitative estimate of drug-likeness (QED) is 0.666. The van der Waals surface area contributed by atoms with E-state index in [1.54, 1.807) is 18.2 Å². The largest absolute Gasteiger partial charge is 0.395 e. The second-order valence-corrected chi connectivity index (χ2v) is 9.87. The highest BCUT2D eigenvalue weighted by atomic mass is 19.1. The molecule has 0 saturated carbocycles. The summed E-state index contributed by atoms with van der Waals surface area (Å²) in [5.74, 6) is 5.97. The van der Waals surface area contributed by atoms with Crippen LogP contribution in [0.15, 0.2) is 48.5 Å². The van der Waals surface area contributed by atoms with E-state index in [9.17, 15) is 14.3 Å². The Morgan fingerprint density at radius 1 is 1.00 bits per heavy atom. The molecule has 3 aliphatic rings. The molecule has 0 aromatic heterocycles. The Morgan fingerprint density at radius 2 is 1.75 bits per heavy atom. The molecule has 3 aliphatic heterocycles. The number of morpholine rings is 1. The van der Waals surface area contributed by atoms with Crippen LogP contribution in [0.1, 0.15) is 35.4 Å². The average Bonchev–Trinajstić information content (AvgIpc) is 2.88. The molecule has 0 bridgehead atoms. The van der Waals surface area contributed by atoms with Crippen molar-refractivity contribution in [3.8, 4) is 11.8 Å². The normalized spacial score (nSPS) is 25.1. The number of nitrogens with zero attached hydrogens (tertiary/aromatic N) is 3. The van der Waals surface area contributed by atoms with E-state index in [1.165, 1.54) is 6.07 Å². The van der Waals surface area contributed by atoms with Crippen LogP contribution in [0.4, 0.5) is 4.39 Å². The van der Waals surface area contributed by atoms with Crippen LogP contribution >= 0.6 is 0 Å². The molecular formula is C29H34FN3O3. The average molecular weight is 492 g/mol. The third-order valence-corrected chi connectivity index (χ3v) is 7.70. The van der Waals surface area contributed by atoms with Gasteiger partial charge < -0.3 is 14.7 Å². The molecule has 2 aromatic carbocycles. The van der Waals surface area contributed by atoms with E-state index >= 15 is 0 Å². The summed E-state index contributed by atoms with van der Waals surface area (Å²) < 4.78 is 19.3. The predicted octanol–water partition coefficient (Wildman–Crippen LogP) is 2.31. The van der Waals surface area contributed by atoms with Crippen molar-refractivity contribution in [2.45, 2.75) is 30.8 Å². The molecule has 3 fully saturated rings. The molecule has 190 valence electrons. The third-order valence-electron chi connectivity index (χ3n) is 7.70. The molecule has 1 N–H and O–H groups in total. The number of aliphatic hydroxyl groups is 1. The SMILES string of the molecule is O=C(CN1CCOCC1)N1CCCCN2[C@H](CO)[C@@H](c3ccc(C#Cc4ccccc4F)cc3)[C@@H]2C1. The van der Waals surface area contributed by atoms with Gasteiger partial charge in [-0.25, -0.2) is 4.39 Å². The fourth-order valence-corrected chi connectivity index (χ4v) is 5.71. The topological polar surface area (TPSA) is 56.2 Å². The van der Waals surface area contributed by atoms with E-state index in [0.29, 0.717) is 31.9 Å². The van der Waals surface area contributed by atoms with Gasteiger partial charge in [-0.2, -0.15) is 0 Å². The maximum Gasteiger partial charge on any atom is 0.236 e. The van der Waals surface area contributed by atoms with Crippen LogP contribution in [0.5, 0.6) is 0 Å². The first-order chi connectivity index (χ1) is 17.6. The highest BCUT2D eigenvalue weighted by molar-refractivity contribution is 5.78. The molecule has 0 radical (unpaired) electrons. The van der Waals surface area contributed by atoms with Crippen molar-refractivity contribution >= 4 is 5.91 Å². The van der Waals surface area contributed by atoms with Crippen LogP contribution < -0.4 is 0 Å². The summed E-state index contributed by atoms with van der Waals surface area (Å²) in [6.07, 6.45) is 2.00. The van der Waals surface area contributed by atoms with Crippen molar-refractivity contribution in [2.75, 3.05) is 59.1 Å². The predicted molar refractivity (Wildman–Crippen MR) is 136 cm³/mol. The van der Waals surface area contributed by atoms with Crippen LogP contribution in [-0.4, -0.2) is 96.9 Å². The van der Waals surface area contributed by atoms with Crippen molar-refractivity contribution < 1.29 is 19.0 Å². The number of benzene rings is 2. The minimum absolute atomic E-state index is 0.0552. The molecule has 3 heterocycles. The van der Waals surface area contributed by atoms with E-state index in [-0.39, 0.29) is 36.3 Å². The number of hydrogen-bond acceptors (Lipinski definition) is 5. The minimum Gasteiger partial charge on any atom is -0.395 e. The zero-order valence-corrected chi connectivity index (χ0v) is 20.6. The first-order valence-corrected chi connectivity index (χ1v) is 12.9. The van der Waals surface area contributed by atoms with Crippen LogP contribution in [0.2, 0.25) is 0 Å². The summed E-state index contributed by atoms with van der Waals surface area (Å²) in [5, 5.41) is 10.2. The van der Waals surface area contributed by atoms with E-state index in [2.05, 4.69) is 33.8 Å². The number of hydrogen-bond donors (Lipinski definition) is 1. The van der Waals surface area contributed by atoms with Crippen LogP contribution in [0.3, 0.4) is 0 Å². The van der Waals surface area contributed by atoms with E-state index in [0.717, 1.165) is 50.1 Å². The second-order valence-electron chi connectivity index (χ2n) is 9.87. The molecule has 7 heteroatoms. The monoisotopic (exact) mass is 491 g/mol. The number of carbonyl (C=O) groups is 1. The Hall–Kier alpha value is -2.76. The lowest BCUT2D eigenvalue weighted by Gasteiger charge is -2.57. The van der Waals surface area contributed by atoms with Crippen LogP contribution in [0.25, 0.3) is 0 Å². The maximum atomic E-state index is 13.9. The van der Waals surface area contributed by atoms with Gasteiger partial charge in [0.25, 0.3) is 0 Å². The zero-order chi connectivity index (χ0) is 24.9. The number of amides is 1. The molecule has 0 spiro atoms. The zero-order valence-electron chi connectivity index (χ0n) is 20.6. The Labute approximate surface area is 212 Å². The summed E-state index contributed by atoms with van der Waals surface area (Å²) >= 11 is 0. The Balaban J connectivity index is 1.30. The van der Waals surface area contributed by atoms with Crippen molar-refractivity contribution in [1.82, 2.24) is 14.7 Å². The van der Waals surface area contributed by atoms with Gasteiger partial charge in [0.2, 0.25) is 5.91 Å². The number of aliphatic hydroxyl groups excluding tert-OH is 1. The highest BCUT2D eigenvalue weighted by Crippen LogP contribution is 2.42. The molecule has 3 atom stereocenters.